The molecule has 0 aliphatic carbocycles. The van der Waals surface area contributed by atoms with Crippen LogP contribution in [0.2, 0.25) is 0 Å². The van der Waals surface area contributed by atoms with Crippen LogP contribution in [0, 0.1) is 0 Å². The van der Waals surface area contributed by atoms with Gasteiger partial charge in [-0.25, -0.2) is 13.1 Å². The smallest absolute Gasteiger partial charge is 0.321 e. The maximum atomic E-state index is 12.0. The number of rotatable bonds is 10. The van der Waals surface area contributed by atoms with Crippen LogP contribution in [0.25, 0.3) is 6.08 Å². The van der Waals surface area contributed by atoms with Crippen molar-refractivity contribution >= 4 is 33.7 Å². The van der Waals surface area contributed by atoms with Gasteiger partial charge in [0.25, 0.3) is 5.91 Å². The molecular formula is C20H22N2O7S. The number of methoxy groups -OCH3 is 2. The molecule has 2 aromatic carbocycles. The average Bonchev–Trinajstić information content (AvgIpc) is 2.75. The molecule has 0 aromatic heterocycles. The minimum Gasteiger partial charge on any atom is -0.497 e. The van der Waals surface area contributed by atoms with E-state index in [1.807, 2.05) is 0 Å². The van der Waals surface area contributed by atoms with Crippen LogP contribution in [-0.2, 0) is 24.3 Å². The van der Waals surface area contributed by atoms with Gasteiger partial charge in [-0.3, -0.25) is 9.59 Å². The molecule has 9 nitrogen and oxygen atoms in total. The standard InChI is InChI=1S/C20H22N2O7S/c1-27-17-10-16(11-18(12-17)28-2)22-19(23)14-29-20(24)13-21-30(25,26)9-8-15-6-4-3-5-7-15/h3-12,21H,13-14H2,1-2H3,(H,22,23). The predicted molar refractivity (Wildman–Crippen MR) is 112 cm³/mol. The molecule has 1 amide bonds. The first kappa shape index (κ1) is 22.9. The Kier molecular flexibility index (Phi) is 8.39. The van der Waals surface area contributed by atoms with Crippen molar-refractivity contribution in [3.8, 4) is 11.5 Å². The highest BCUT2D eigenvalue weighted by Gasteiger charge is 2.12. The second-order valence-corrected chi connectivity index (χ2v) is 7.54. The van der Waals surface area contributed by atoms with Crippen LogP contribution < -0.4 is 19.5 Å². The van der Waals surface area contributed by atoms with Gasteiger partial charge in [0.15, 0.2) is 6.61 Å². The lowest BCUT2D eigenvalue weighted by atomic mass is 10.2. The molecule has 0 heterocycles. The highest BCUT2D eigenvalue weighted by molar-refractivity contribution is 7.92. The maximum absolute atomic E-state index is 12.0. The summed E-state index contributed by atoms with van der Waals surface area (Å²) in [5.41, 5.74) is 1.08. The lowest BCUT2D eigenvalue weighted by Crippen LogP contribution is -2.31. The van der Waals surface area contributed by atoms with Gasteiger partial charge in [-0.2, -0.15) is 0 Å². The Balaban J connectivity index is 1.80. The van der Waals surface area contributed by atoms with Crippen molar-refractivity contribution in [2.75, 3.05) is 32.7 Å². The molecule has 0 saturated carbocycles. The number of benzene rings is 2. The Morgan fingerprint density at radius 3 is 2.23 bits per heavy atom. The summed E-state index contributed by atoms with van der Waals surface area (Å²) < 4.78 is 40.9. The van der Waals surface area contributed by atoms with Crippen molar-refractivity contribution in [1.29, 1.82) is 0 Å². The van der Waals surface area contributed by atoms with Crippen LogP contribution in [0.3, 0.4) is 0 Å². The van der Waals surface area contributed by atoms with Gasteiger partial charge in [-0.05, 0) is 11.6 Å². The number of nitrogens with one attached hydrogen (secondary N) is 2. The third-order valence-corrected chi connectivity index (χ3v) is 4.70. The molecule has 2 aromatic rings. The molecule has 160 valence electrons. The fourth-order valence-corrected chi connectivity index (χ4v) is 2.97. The Labute approximate surface area is 174 Å². The van der Waals surface area contributed by atoms with E-state index in [0.29, 0.717) is 22.7 Å². The first-order valence-electron chi connectivity index (χ1n) is 8.72. The highest BCUT2D eigenvalue weighted by Crippen LogP contribution is 2.25. The minimum atomic E-state index is -3.84. The molecule has 0 saturated heterocycles. The summed E-state index contributed by atoms with van der Waals surface area (Å²) in [7, 11) is -0.896. The highest BCUT2D eigenvalue weighted by atomic mass is 32.2. The quantitative estimate of drug-likeness (QED) is 0.547. The van der Waals surface area contributed by atoms with Crippen molar-refractivity contribution in [3.63, 3.8) is 0 Å². The van der Waals surface area contributed by atoms with E-state index in [9.17, 15) is 18.0 Å². The lowest BCUT2D eigenvalue weighted by Gasteiger charge is -2.10. The number of hydrogen-bond acceptors (Lipinski definition) is 7. The summed E-state index contributed by atoms with van der Waals surface area (Å²) in [6, 6.07) is 13.6. The normalized spacial score (nSPS) is 11.1. The molecule has 0 fully saturated rings. The van der Waals surface area contributed by atoms with Gasteiger partial charge >= 0.3 is 5.97 Å². The summed E-state index contributed by atoms with van der Waals surface area (Å²) in [5, 5.41) is 3.47. The van der Waals surface area contributed by atoms with Crippen LogP contribution in [0.5, 0.6) is 11.5 Å². The number of esters is 1. The van der Waals surface area contributed by atoms with Gasteiger partial charge < -0.3 is 19.5 Å². The third kappa shape index (κ3) is 7.94. The second-order valence-electron chi connectivity index (χ2n) is 5.89. The fraction of sp³-hybridized carbons (Fsp3) is 0.200. The van der Waals surface area contributed by atoms with Gasteiger partial charge in [0.05, 0.1) is 14.2 Å². The predicted octanol–water partition coefficient (Wildman–Crippen LogP) is 1.78. The van der Waals surface area contributed by atoms with Crippen LogP contribution in [0.4, 0.5) is 5.69 Å². The number of hydrogen-bond donors (Lipinski definition) is 2. The zero-order valence-electron chi connectivity index (χ0n) is 16.5. The first-order valence-corrected chi connectivity index (χ1v) is 10.3. The average molecular weight is 434 g/mol. The number of ether oxygens (including phenoxy) is 3. The minimum absolute atomic E-state index is 0.388. The number of carbonyl (C=O) groups is 2. The lowest BCUT2D eigenvalue weighted by molar-refractivity contribution is -0.146. The molecule has 0 aliphatic heterocycles. The van der Waals surface area contributed by atoms with Crippen molar-refractivity contribution in [1.82, 2.24) is 4.72 Å². The number of amides is 1. The Hall–Kier alpha value is -3.37. The van der Waals surface area contributed by atoms with Gasteiger partial charge in [-0.15, -0.1) is 0 Å². The number of anilines is 1. The summed E-state index contributed by atoms with van der Waals surface area (Å²) >= 11 is 0. The molecule has 0 unspecified atom stereocenters. The van der Waals surface area contributed by atoms with E-state index in [1.54, 1.807) is 48.5 Å². The third-order valence-electron chi connectivity index (χ3n) is 3.66. The monoisotopic (exact) mass is 434 g/mol. The molecule has 2 rings (SSSR count). The van der Waals surface area contributed by atoms with E-state index in [4.69, 9.17) is 14.2 Å². The van der Waals surface area contributed by atoms with Crippen LogP contribution in [0.1, 0.15) is 5.56 Å². The zero-order chi connectivity index (χ0) is 22.0. The van der Waals surface area contributed by atoms with Crippen molar-refractivity contribution in [3.05, 3.63) is 59.5 Å². The van der Waals surface area contributed by atoms with Crippen molar-refractivity contribution < 1.29 is 32.2 Å². The largest absolute Gasteiger partial charge is 0.497 e. The van der Waals surface area contributed by atoms with E-state index in [-0.39, 0.29) is 0 Å². The topological polar surface area (TPSA) is 120 Å². The first-order chi connectivity index (χ1) is 14.3. The summed E-state index contributed by atoms with van der Waals surface area (Å²) in [4.78, 5) is 23.7. The molecule has 0 spiro atoms. The van der Waals surface area contributed by atoms with E-state index >= 15 is 0 Å². The Morgan fingerprint density at radius 1 is 1.00 bits per heavy atom. The Morgan fingerprint density at radius 2 is 1.63 bits per heavy atom. The molecule has 2 N–H and O–H groups in total. The molecule has 0 radical (unpaired) electrons. The van der Waals surface area contributed by atoms with E-state index in [2.05, 4.69) is 10.0 Å². The molecule has 30 heavy (non-hydrogen) atoms. The Bertz CT molecular complexity index is 983. The van der Waals surface area contributed by atoms with Crippen LogP contribution in [0.15, 0.2) is 53.9 Å². The van der Waals surface area contributed by atoms with Crippen molar-refractivity contribution in [2.24, 2.45) is 0 Å². The summed E-state index contributed by atoms with van der Waals surface area (Å²) in [6.07, 6.45) is 1.39. The molecule has 10 heteroatoms. The van der Waals surface area contributed by atoms with Gasteiger partial charge in [0.2, 0.25) is 10.0 Å². The van der Waals surface area contributed by atoms with E-state index in [0.717, 1.165) is 5.41 Å². The van der Waals surface area contributed by atoms with Crippen LogP contribution >= 0.6 is 0 Å². The van der Waals surface area contributed by atoms with Gasteiger partial charge in [0, 0.05) is 29.3 Å². The summed E-state index contributed by atoms with van der Waals surface area (Å²) in [6.45, 7) is -1.19. The van der Waals surface area contributed by atoms with E-state index < -0.39 is 35.1 Å². The van der Waals surface area contributed by atoms with Crippen molar-refractivity contribution in [2.45, 2.75) is 0 Å². The molecule has 0 aliphatic rings. The molecule has 0 atom stereocenters. The summed E-state index contributed by atoms with van der Waals surface area (Å²) in [5.74, 6) is -0.560. The van der Waals surface area contributed by atoms with Crippen LogP contribution in [-0.4, -0.2) is 47.7 Å². The number of sulfonamides is 1. The maximum Gasteiger partial charge on any atom is 0.321 e. The fourth-order valence-electron chi connectivity index (χ4n) is 2.21. The zero-order valence-corrected chi connectivity index (χ0v) is 17.3. The number of carbonyl (C=O) groups excluding carboxylic acids is 2. The molecule has 0 bridgehead atoms. The van der Waals surface area contributed by atoms with E-state index in [1.165, 1.54) is 20.3 Å². The SMILES string of the molecule is COc1cc(NC(=O)COC(=O)CNS(=O)(=O)C=Cc2ccccc2)cc(OC)c1. The van der Waals surface area contributed by atoms with Gasteiger partial charge in [-0.1, -0.05) is 30.3 Å². The molecular weight excluding hydrogens is 412 g/mol. The van der Waals surface area contributed by atoms with Gasteiger partial charge in [0.1, 0.15) is 18.0 Å². The second kappa shape index (κ2) is 11.0.